The average Bonchev–Trinajstić information content (AvgIpc) is 2.65. The molecule has 16 heavy (non-hydrogen) atoms. The number of nitrogens with two attached hydrogens (primary N) is 1. The monoisotopic (exact) mass is 234 g/mol. The highest BCUT2D eigenvalue weighted by Crippen LogP contribution is 2.18. The van der Waals surface area contributed by atoms with E-state index in [1.54, 1.807) is 6.92 Å². The Bertz CT molecular complexity index is 506. The minimum absolute atomic E-state index is 0.239. The molecule has 0 fully saturated rings. The van der Waals surface area contributed by atoms with E-state index in [9.17, 15) is 0 Å². The Hall–Kier alpha value is -1.95. The molecule has 0 aliphatic rings. The third-order valence-corrected chi connectivity index (χ3v) is 2.04. The van der Waals surface area contributed by atoms with Crippen LogP contribution in [-0.2, 0) is 0 Å². The Kier molecular flexibility index (Phi) is 2.82. The van der Waals surface area contributed by atoms with E-state index in [-0.39, 0.29) is 5.11 Å². The molecule has 0 bridgehead atoms. The summed E-state index contributed by atoms with van der Waals surface area (Å²) in [6, 6.07) is 7.43. The molecule has 1 aromatic carbocycles. The lowest BCUT2D eigenvalue weighted by Gasteiger charge is -2.03. The van der Waals surface area contributed by atoms with Crippen LogP contribution in [0, 0.1) is 6.92 Å². The predicted molar refractivity (Wildman–Crippen MR) is 64.9 cm³/mol. The molecule has 2 aromatic rings. The van der Waals surface area contributed by atoms with Crippen molar-refractivity contribution in [3.05, 3.63) is 30.2 Å². The Morgan fingerprint density at radius 1 is 1.38 bits per heavy atom. The zero-order valence-corrected chi connectivity index (χ0v) is 9.41. The standard InChI is InChI=1S/C10H10N4OS/c1-6-12-9(14-15-6)7-2-4-8(5-3-7)13-10(11)16/h2-5H,1H3,(H3,11,13,16). The van der Waals surface area contributed by atoms with Crippen LogP contribution in [0.3, 0.4) is 0 Å². The summed E-state index contributed by atoms with van der Waals surface area (Å²) in [6.07, 6.45) is 0. The van der Waals surface area contributed by atoms with Gasteiger partial charge in [-0.3, -0.25) is 0 Å². The topological polar surface area (TPSA) is 77.0 Å². The number of nitrogens with zero attached hydrogens (tertiary/aromatic N) is 2. The molecule has 0 spiro atoms. The first-order valence-electron chi connectivity index (χ1n) is 4.62. The molecular formula is C10H10N4OS. The van der Waals surface area contributed by atoms with Gasteiger partial charge in [-0.15, -0.1) is 0 Å². The van der Waals surface area contributed by atoms with E-state index < -0.39 is 0 Å². The number of hydrogen-bond acceptors (Lipinski definition) is 4. The summed E-state index contributed by atoms with van der Waals surface area (Å²) in [7, 11) is 0. The highest BCUT2D eigenvalue weighted by molar-refractivity contribution is 7.80. The van der Waals surface area contributed by atoms with Gasteiger partial charge in [0.25, 0.3) is 0 Å². The fraction of sp³-hybridized carbons (Fsp3) is 0.100. The van der Waals surface area contributed by atoms with Gasteiger partial charge in [-0.25, -0.2) is 0 Å². The normalized spacial score (nSPS) is 10.1. The summed E-state index contributed by atoms with van der Waals surface area (Å²) >= 11 is 4.73. The van der Waals surface area contributed by atoms with Gasteiger partial charge >= 0.3 is 0 Å². The molecule has 0 saturated carbocycles. The van der Waals surface area contributed by atoms with Gasteiger partial charge in [-0.05, 0) is 36.5 Å². The number of benzene rings is 1. The first-order valence-corrected chi connectivity index (χ1v) is 5.03. The van der Waals surface area contributed by atoms with Gasteiger partial charge in [-0.1, -0.05) is 5.16 Å². The molecule has 0 atom stereocenters. The molecule has 0 unspecified atom stereocenters. The van der Waals surface area contributed by atoms with Crippen molar-refractivity contribution in [1.82, 2.24) is 10.1 Å². The maximum atomic E-state index is 5.36. The van der Waals surface area contributed by atoms with Crippen LogP contribution >= 0.6 is 12.2 Å². The second-order valence-electron chi connectivity index (χ2n) is 3.20. The Labute approximate surface area is 97.7 Å². The largest absolute Gasteiger partial charge is 0.376 e. The number of rotatable bonds is 2. The lowest BCUT2D eigenvalue weighted by Crippen LogP contribution is -2.18. The van der Waals surface area contributed by atoms with E-state index in [1.807, 2.05) is 24.3 Å². The second kappa shape index (κ2) is 4.28. The molecule has 0 aliphatic carbocycles. The van der Waals surface area contributed by atoms with Crippen molar-refractivity contribution in [2.45, 2.75) is 6.92 Å². The van der Waals surface area contributed by atoms with Gasteiger partial charge < -0.3 is 15.6 Å². The lowest BCUT2D eigenvalue weighted by molar-refractivity contribution is 0.394. The van der Waals surface area contributed by atoms with E-state index >= 15 is 0 Å². The molecule has 6 heteroatoms. The van der Waals surface area contributed by atoms with Gasteiger partial charge in [0.15, 0.2) is 5.11 Å². The van der Waals surface area contributed by atoms with E-state index in [0.717, 1.165) is 11.3 Å². The van der Waals surface area contributed by atoms with Gasteiger partial charge in [0.1, 0.15) is 0 Å². The van der Waals surface area contributed by atoms with Crippen molar-refractivity contribution < 1.29 is 4.52 Å². The first-order chi connectivity index (χ1) is 7.65. The molecule has 0 saturated heterocycles. The molecule has 0 radical (unpaired) electrons. The van der Waals surface area contributed by atoms with Gasteiger partial charge in [0.2, 0.25) is 11.7 Å². The maximum Gasteiger partial charge on any atom is 0.223 e. The molecule has 0 aliphatic heterocycles. The van der Waals surface area contributed by atoms with Crippen LogP contribution in [0.25, 0.3) is 11.4 Å². The van der Waals surface area contributed by atoms with E-state index in [1.165, 1.54) is 0 Å². The van der Waals surface area contributed by atoms with Crippen molar-refractivity contribution >= 4 is 23.0 Å². The lowest BCUT2D eigenvalue weighted by atomic mass is 10.2. The van der Waals surface area contributed by atoms with E-state index in [2.05, 4.69) is 15.5 Å². The van der Waals surface area contributed by atoms with Crippen LogP contribution in [0.4, 0.5) is 5.69 Å². The third-order valence-electron chi connectivity index (χ3n) is 1.94. The van der Waals surface area contributed by atoms with Gasteiger partial charge in [0.05, 0.1) is 0 Å². The molecule has 82 valence electrons. The molecule has 1 heterocycles. The number of hydrogen-bond donors (Lipinski definition) is 2. The SMILES string of the molecule is Cc1nc(-c2ccc(NC(N)=S)cc2)no1. The highest BCUT2D eigenvalue weighted by atomic mass is 32.1. The average molecular weight is 234 g/mol. The van der Waals surface area contributed by atoms with Crippen LogP contribution in [0.15, 0.2) is 28.8 Å². The van der Waals surface area contributed by atoms with Crippen LogP contribution in [-0.4, -0.2) is 15.3 Å². The van der Waals surface area contributed by atoms with E-state index in [0.29, 0.717) is 11.7 Å². The summed E-state index contributed by atoms with van der Waals surface area (Å²) in [5, 5.41) is 6.89. The minimum atomic E-state index is 0.239. The highest BCUT2D eigenvalue weighted by Gasteiger charge is 2.04. The minimum Gasteiger partial charge on any atom is -0.376 e. The summed E-state index contributed by atoms with van der Waals surface area (Å²) in [5.74, 6) is 1.11. The molecule has 2 rings (SSSR count). The molecule has 1 aromatic heterocycles. The Morgan fingerprint density at radius 3 is 2.56 bits per heavy atom. The van der Waals surface area contributed by atoms with Crippen molar-refractivity contribution in [1.29, 1.82) is 0 Å². The van der Waals surface area contributed by atoms with Crippen LogP contribution in [0.5, 0.6) is 0 Å². The van der Waals surface area contributed by atoms with E-state index in [4.69, 9.17) is 22.5 Å². The maximum absolute atomic E-state index is 5.36. The summed E-state index contributed by atoms with van der Waals surface area (Å²) in [4.78, 5) is 4.12. The smallest absolute Gasteiger partial charge is 0.223 e. The Balaban J connectivity index is 2.22. The number of aromatic nitrogens is 2. The summed E-state index contributed by atoms with van der Waals surface area (Å²) in [6.45, 7) is 1.75. The number of thiocarbonyl (C=S) groups is 1. The molecule has 3 N–H and O–H groups in total. The fourth-order valence-corrected chi connectivity index (χ4v) is 1.38. The zero-order valence-electron chi connectivity index (χ0n) is 8.60. The summed E-state index contributed by atoms with van der Waals surface area (Å²) in [5.41, 5.74) is 7.07. The van der Waals surface area contributed by atoms with Gasteiger partial charge in [-0.2, -0.15) is 4.98 Å². The zero-order chi connectivity index (χ0) is 11.5. The van der Waals surface area contributed by atoms with Crippen LogP contribution in [0.2, 0.25) is 0 Å². The predicted octanol–water partition coefficient (Wildman–Crippen LogP) is 1.70. The second-order valence-corrected chi connectivity index (χ2v) is 3.64. The van der Waals surface area contributed by atoms with Gasteiger partial charge in [0, 0.05) is 18.2 Å². The van der Waals surface area contributed by atoms with Crippen molar-refractivity contribution in [2.75, 3.05) is 5.32 Å². The Morgan fingerprint density at radius 2 is 2.06 bits per heavy atom. The molecule has 0 amide bonds. The van der Waals surface area contributed by atoms with Crippen LogP contribution < -0.4 is 11.1 Å². The number of nitrogens with one attached hydrogen (secondary N) is 1. The summed E-state index contributed by atoms with van der Waals surface area (Å²) < 4.78 is 4.90. The van der Waals surface area contributed by atoms with Crippen LogP contribution in [0.1, 0.15) is 5.89 Å². The number of aryl methyl sites for hydroxylation is 1. The first kappa shape index (κ1) is 10.6. The van der Waals surface area contributed by atoms with Crippen molar-refractivity contribution in [2.24, 2.45) is 5.73 Å². The van der Waals surface area contributed by atoms with Crippen molar-refractivity contribution in [3.8, 4) is 11.4 Å². The van der Waals surface area contributed by atoms with Crippen molar-refractivity contribution in [3.63, 3.8) is 0 Å². The molecular weight excluding hydrogens is 224 g/mol. The quantitative estimate of drug-likeness (QED) is 0.770. The third kappa shape index (κ3) is 2.34. The molecule has 5 nitrogen and oxygen atoms in total. The number of anilines is 1. The fourth-order valence-electron chi connectivity index (χ4n) is 1.26.